The molecule has 0 saturated carbocycles. The minimum absolute atomic E-state index is 0.552. The number of H-pyrrole nitrogens is 1. The van der Waals surface area contributed by atoms with Crippen LogP contribution in [0.1, 0.15) is 0 Å². The number of hydrogen-bond acceptors (Lipinski definition) is 3. The van der Waals surface area contributed by atoms with Gasteiger partial charge in [-0.1, -0.05) is 0 Å². The molecule has 2 aromatic rings. The Bertz CT molecular complexity index is 411. The van der Waals surface area contributed by atoms with Crippen molar-refractivity contribution in [2.45, 2.75) is 0 Å². The zero-order valence-electron chi connectivity index (χ0n) is 7.91. The Morgan fingerprint density at radius 1 is 1.43 bits per heavy atom. The van der Waals surface area contributed by atoms with E-state index in [0.717, 1.165) is 16.8 Å². The first-order valence-corrected chi connectivity index (χ1v) is 4.37. The molecule has 0 amide bonds. The third-order valence-corrected chi connectivity index (χ3v) is 1.89. The van der Waals surface area contributed by atoms with E-state index in [1.807, 2.05) is 18.2 Å². The van der Waals surface area contributed by atoms with E-state index >= 15 is 0 Å². The molecule has 0 unspecified atom stereocenters. The molecule has 4 nitrogen and oxygen atoms in total. The summed E-state index contributed by atoms with van der Waals surface area (Å²) in [6.07, 6.45) is 2.68. The molecule has 0 aliphatic heterocycles. The number of hydrogen-bond donors (Lipinski definition) is 1. The van der Waals surface area contributed by atoms with Crippen LogP contribution in [0.2, 0.25) is 0 Å². The van der Waals surface area contributed by atoms with Gasteiger partial charge in [-0.05, 0) is 12.1 Å². The fraction of sp³-hybridized carbons (Fsp3) is 0.300. The number of nitrogens with one attached hydrogen (secondary N) is 1. The molecule has 73 valence electrons. The number of aromatic nitrogens is 2. The van der Waals surface area contributed by atoms with Gasteiger partial charge < -0.3 is 14.5 Å². The van der Waals surface area contributed by atoms with Crippen LogP contribution in [0.3, 0.4) is 0 Å². The molecule has 1 heterocycles. The molecule has 14 heavy (non-hydrogen) atoms. The average Bonchev–Trinajstić information content (AvgIpc) is 2.65. The van der Waals surface area contributed by atoms with Crippen molar-refractivity contribution in [2.75, 3.05) is 20.3 Å². The molecule has 0 saturated heterocycles. The summed E-state index contributed by atoms with van der Waals surface area (Å²) < 4.78 is 10.3. The third-order valence-electron chi connectivity index (χ3n) is 1.89. The molecule has 2 rings (SSSR count). The van der Waals surface area contributed by atoms with Gasteiger partial charge in [0.15, 0.2) is 6.33 Å². The maximum absolute atomic E-state index is 5.43. The second-order valence-electron chi connectivity index (χ2n) is 2.87. The van der Waals surface area contributed by atoms with E-state index in [2.05, 4.69) is 16.3 Å². The number of fused-ring (bicyclic) bond motifs is 1. The van der Waals surface area contributed by atoms with Crippen LogP contribution in [0.4, 0.5) is 0 Å². The van der Waals surface area contributed by atoms with Gasteiger partial charge in [0.25, 0.3) is 0 Å². The van der Waals surface area contributed by atoms with E-state index in [-0.39, 0.29) is 0 Å². The number of imidazole rings is 1. The van der Waals surface area contributed by atoms with Gasteiger partial charge >= 0.3 is 0 Å². The summed E-state index contributed by atoms with van der Waals surface area (Å²) in [5.41, 5.74) is 1.82. The van der Waals surface area contributed by atoms with Crippen molar-refractivity contribution >= 4 is 11.0 Å². The summed E-state index contributed by atoms with van der Waals surface area (Å²) in [5, 5.41) is 0. The summed E-state index contributed by atoms with van der Waals surface area (Å²) >= 11 is 0. The Hall–Kier alpha value is -1.55. The molecule has 1 aromatic carbocycles. The van der Waals surface area contributed by atoms with Crippen molar-refractivity contribution in [3.8, 4) is 5.75 Å². The number of ether oxygens (including phenoxy) is 2. The molecule has 1 N–H and O–H groups in total. The minimum atomic E-state index is 0.552. The molecular formula is C10H11N2O2. The summed E-state index contributed by atoms with van der Waals surface area (Å²) in [5.74, 6) is 0.801. The molecule has 1 aromatic heterocycles. The zero-order chi connectivity index (χ0) is 9.80. The first-order valence-electron chi connectivity index (χ1n) is 4.37. The Kier molecular flexibility index (Phi) is 2.65. The first-order chi connectivity index (χ1) is 6.90. The lowest BCUT2D eigenvalue weighted by Gasteiger charge is -2.04. The molecule has 0 bridgehead atoms. The van der Waals surface area contributed by atoms with Gasteiger partial charge in [-0.3, -0.25) is 0 Å². The van der Waals surface area contributed by atoms with Crippen molar-refractivity contribution in [1.82, 2.24) is 9.97 Å². The zero-order valence-corrected chi connectivity index (χ0v) is 7.91. The van der Waals surface area contributed by atoms with Gasteiger partial charge in [-0.25, -0.2) is 4.98 Å². The quantitative estimate of drug-likeness (QED) is 0.743. The highest BCUT2D eigenvalue weighted by Crippen LogP contribution is 2.17. The second-order valence-corrected chi connectivity index (χ2v) is 2.87. The van der Waals surface area contributed by atoms with Crippen molar-refractivity contribution in [3.05, 3.63) is 24.5 Å². The SMILES string of the molecule is COCCOc1ccc2[nH][c]nc2c1. The number of methoxy groups -OCH3 is 1. The minimum Gasteiger partial charge on any atom is -0.491 e. The highest BCUT2D eigenvalue weighted by molar-refractivity contribution is 5.75. The van der Waals surface area contributed by atoms with E-state index in [9.17, 15) is 0 Å². The van der Waals surface area contributed by atoms with Crippen LogP contribution in [0.5, 0.6) is 5.75 Å². The lowest BCUT2D eigenvalue weighted by Crippen LogP contribution is -2.03. The van der Waals surface area contributed by atoms with Gasteiger partial charge in [0, 0.05) is 13.2 Å². The molecule has 1 radical (unpaired) electrons. The van der Waals surface area contributed by atoms with E-state index in [1.54, 1.807) is 7.11 Å². The van der Waals surface area contributed by atoms with Gasteiger partial charge in [0.2, 0.25) is 0 Å². The maximum atomic E-state index is 5.43. The number of rotatable bonds is 4. The lowest BCUT2D eigenvalue weighted by molar-refractivity contribution is 0.146. The molecule has 0 aliphatic rings. The fourth-order valence-corrected chi connectivity index (χ4v) is 1.19. The van der Waals surface area contributed by atoms with Gasteiger partial charge in [-0.15, -0.1) is 0 Å². The number of benzene rings is 1. The summed E-state index contributed by atoms with van der Waals surface area (Å²) in [6, 6.07) is 5.68. The summed E-state index contributed by atoms with van der Waals surface area (Å²) in [6.45, 7) is 1.14. The van der Waals surface area contributed by atoms with Gasteiger partial charge in [0.1, 0.15) is 12.4 Å². The molecule has 0 aliphatic carbocycles. The summed E-state index contributed by atoms with van der Waals surface area (Å²) in [7, 11) is 1.65. The Balaban J connectivity index is 2.10. The predicted molar refractivity (Wildman–Crippen MR) is 52.3 cm³/mol. The monoisotopic (exact) mass is 191 g/mol. The van der Waals surface area contributed by atoms with E-state index in [4.69, 9.17) is 9.47 Å². The van der Waals surface area contributed by atoms with Crippen LogP contribution >= 0.6 is 0 Å². The molecular weight excluding hydrogens is 180 g/mol. The molecule has 0 fully saturated rings. The van der Waals surface area contributed by atoms with Crippen molar-refractivity contribution in [3.63, 3.8) is 0 Å². The predicted octanol–water partition coefficient (Wildman–Crippen LogP) is 1.39. The van der Waals surface area contributed by atoms with Crippen LogP contribution in [0, 0.1) is 6.33 Å². The van der Waals surface area contributed by atoms with Crippen molar-refractivity contribution in [1.29, 1.82) is 0 Å². The first kappa shape index (κ1) is 9.02. The number of nitrogens with zero attached hydrogens (tertiary/aromatic N) is 1. The van der Waals surface area contributed by atoms with Crippen molar-refractivity contribution < 1.29 is 9.47 Å². The van der Waals surface area contributed by atoms with Gasteiger partial charge in [-0.2, -0.15) is 0 Å². The fourth-order valence-electron chi connectivity index (χ4n) is 1.19. The molecule has 4 heteroatoms. The van der Waals surface area contributed by atoms with E-state index in [1.165, 1.54) is 0 Å². The topological polar surface area (TPSA) is 47.1 Å². The summed E-state index contributed by atoms with van der Waals surface area (Å²) in [4.78, 5) is 6.91. The maximum Gasteiger partial charge on any atom is 0.174 e. The lowest BCUT2D eigenvalue weighted by atomic mass is 10.3. The van der Waals surface area contributed by atoms with Crippen LogP contribution in [0.25, 0.3) is 11.0 Å². The van der Waals surface area contributed by atoms with Crippen LogP contribution in [0.15, 0.2) is 18.2 Å². The third kappa shape index (κ3) is 1.85. The number of aromatic amines is 1. The highest BCUT2D eigenvalue weighted by atomic mass is 16.5. The van der Waals surface area contributed by atoms with Crippen molar-refractivity contribution in [2.24, 2.45) is 0 Å². The van der Waals surface area contributed by atoms with Crippen LogP contribution < -0.4 is 4.74 Å². The largest absolute Gasteiger partial charge is 0.491 e. The van der Waals surface area contributed by atoms with Crippen LogP contribution in [-0.2, 0) is 4.74 Å². The second kappa shape index (κ2) is 4.11. The highest BCUT2D eigenvalue weighted by Gasteiger charge is 1.98. The Labute approximate surface area is 81.9 Å². The average molecular weight is 191 g/mol. The van der Waals surface area contributed by atoms with E-state index < -0.39 is 0 Å². The smallest absolute Gasteiger partial charge is 0.174 e. The Morgan fingerprint density at radius 3 is 3.21 bits per heavy atom. The van der Waals surface area contributed by atoms with Gasteiger partial charge in [0.05, 0.1) is 17.6 Å². The standard InChI is InChI=1S/C10H11N2O2/c1-13-4-5-14-8-2-3-9-10(6-8)12-7-11-9/h2-3,6H,4-5H2,1H3,(H,11,12). The normalized spacial score (nSPS) is 10.6. The molecule has 0 spiro atoms. The van der Waals surface area contributed by atoms with E-state index in [0.29, 0.717) is 13.2 Å². The molecule has 0 atom stereocenters. The van der Waals surface area contributed by atoms with Crippen LogP contribution in [-0.4, -0.2) is 30.3 Å². The Morgan fingerprint density at radius 2 is 2.36 bits per heavy atom.